The Bertz CT molecular complexity index is 436. The third-order valence-electron chi connectivity index (χ3n) is 4.36. The highest BCUT2D eigenvalue weighted by Gasteiger charge is 2.39. The van der Waals surface area contributed by atoms with Crippen molar-refractivity contribution in [1.82, 2.24) is 10.3 Å². The lowest BCUT2D eigenvalue weighted by molar-refractivity contribution is -0.133. The first-order chi connectivity index (χ1) is 9.07. The minimum absolute atomic E-state index is 0.120. The van der Waals surface area contributed by atoms with Crippen LogP contribution >= 0.6 is 11.3 Å². The average molecular weight is 281 g/mol. The van der Waals surface area contributed by atoms with E-state index in [4.69, 9.17) is 5.73 Å². The first-order valence-electron chi connectivity index (χ1n) is 6.95. The second-order valence-corrected chi connectivity index (χ2v) is 6.65. The fraction of sp³-hybridized carbons (Fsp3) is 0.714. The van der Waals surface area contributed by atoms with Crippen LogP contribution in [0.5, 0.6) is 0 Å². The van der Waals surface area contributed by atoms with Gasteiger partial charge in [0.25, 0.3) is 0 Å². The molecule has 19 heavy (non-hydrogen) atoms. The summed E-state index contributed by atoms with van der Waals surface area (Å²) in [5.74, 6) is 0.839. The number of nitrogens with zero attached hydrogens (tertiary/aromatic N) is 1. The van der Waals surface area contributed by atoms with Gasteiger partial charge in [0.05, 0.1) is 23.2 Å². The first kappa shape index (κ1) is 14.5. The van der Waals surface area contributed by atoms with Crippen LogP contribution < -0.4 is 11.1 Å². The predicted octanol–water partition coefficient (Wildman–Crippen LogP) is 2.22. The SMILES string of the molecule is Cc1ncsc1CNC(=O)C1(CN)CCC(C)CC1. The molecule has 0 atom stereocenters. The Labute approximate surface area is 118 Å². The van der Waals surface area contributed by atoms with Crippen molar-refractivity contribution in [1.29, 1.82) is 0 Å². The van der Waals surface area contributed by atoms with Crippen molar-refractivity contribution in [2.75, 3.05) is 6.54 Å². The quantitative estimate of drug-likeness (QED) is 0.889. The molecular weight excluding hydrogens is 258 g/mol. The predicted molar refractivity (Wildman–Crippen MR) is 77.8 cm³/mol. The molecule has 0 spiro atoms. The molecule has 2 rings (SSSR count). The summed E-state index contributed by atoms with van der Waals surface area (Å²) in [4.78, 5) is 17.8. The van der Waals surface area contributed by atoms with E-state index in [0.29, 0.717) is 13.1 Å². The standard InChI is InChI=1S/C14H23N3OS/c1-10-3-5-14(8-15,6-4-10)13(18)16-7-12-11(2)17-9-19-12/h9-10H,3-8,15H2,1-2H3,(H,16,18). The summed E-state index contributed by atoms with van der Waals surface area (Å²) < 4.78 is 0. The highest BCUT2D eigenvalue weighted by atomic mass is 32.1. The molecule has 1 aliphatic rings. The zero-order valence-electron chi connectivity index (χ0n) is 11.7. The number of carbonyl (C=O) groups is 1. The molecule has 0 aliphatic heterocycles. The van der Waals surface area contributed by atoms with Crippen molar-refractivity contribution in [3.8, 4) is 0 Å². The summed E-state index contributed by atoms with van der Waals surface area (Å²) in [5.41, 5.74) is 8.37. The maximum absolute atomic E-state index is 12.5. The molecule has 4 nitrogen and oxygen atoms in total. The van der Waals surface area contributed by atoms with Crippen LogP contribution in [0.2, 0.25) is 0 Å². The molecule has 1 amide bonds. The Morgan fingerprint density at radius 1 is 1.58 bits per heavy atom. The summed E-state index contributed by atoms with van der Waals surface area (Å²) in [6.07, 6.45) is 4.03. The molecule has 106 valence electrons. The summed E-state index contributed by atoms with van der Waals surface area (Å²) in [5, 5.41) is 3.05. The van der Waals surface area contributed by atoms with Crippen LogP contribution in [0.4, 0.5) is 0 Å². The van der Waals surface area contributed by atoms with Gasteiger partial charge in [0.2, 0.25) is 5.91 Å². The van der Waals surface area contributed by atoms with Crippen molar-refractivity contribution in [2.24, 2.45) is 17.1 Å². The molecule has 3 N–H and O–H groups in total. The van der Waals surface area contributed by atoms with Crippen molar-refractivity contribution >= 4 is 17.2 Å². The number of thiazole rings is 1. The Kier molecular flexibility index (Phi) is 4.58. The Hall–Kier alpha value is -0.940. The third kappa shape index (κ3) is 3.15. The van der Waals surface area contributed by atoms with Crippen LogP contribution in [0.15, 0.2) is 5.51 Å². The first-order valence-corrected chi connectivity index (χ1v) is 7.83. The van der Waals surface area contributed by atoms with Crippen molar-refractivity contribution < 1.29 is 4.79 Å². The number of rotatable bonds is 4. The Morgan fingerprint density at radius 3 is 2.79 bits per heavy atom. The van der Waals surface area contributed by atoms with E-state index in [1.165, 1.54) is 0 Å². The normalized spacial score (nSPS) is 27.2. The van der Waals surface area contributed by atoms with Crippen LogP contribution in [0.3, 0.4) is 0 Å². The minimum atomic E-state index is -0.342. The number of carbonyl (C=O) groups excluding carboxylic acids is 1. The molecule has 0 radical (unpaired) electrons. The Balaban J connectivity index is 1.96. The average Bonchev–Trinajstić information content (AvgIpc) is 2.83. The van der Waals surface area contributed by atoms with Gasteiger partial charge in [-0.05, 0) is 38.5 Å². The molecule has 0 unspecified atom stereocenters. The number of amides is 1. The van der Waals surface area contributed by atoms with E-state index in [1.807, 2.05) is 12.4 Å². The number of aromatic nitrogens is 1. The van der Waals surface area contributed by atoms with E-state index in [-0.39, 0.29) is 11.3 Å². The monoisotopic (exact) mass is 281 g/mol. The summed E-state index contributed by atoms with van der Waals surface area (Å²) >= 11 is 1.59. The lowest BCUT2D eigenvalue weighted by atomic mass is 9.70. The third-order valence-corrected chi connectivity index (χ3v) is 5.29. The topological polar surface area (TPSA) is 68.0 Å². The zero-order valence-corrected chi connectivity index (χ0v) is 12.6. The maximum atomic E-state index is 12.5. The molecule has 0 saturated heterocycles. The van der Waals surface area contributed by atoms with Gasteiger partial charge >= 0.3 is 0 Å². The van der Waals surface area contributed by atoms with Gasteiger partial charge in [0.15, 0.2) is 0 Å². The number of nitrogens with one attached hydrogen (secondary N) is 1. The number of aryl methyl sites for hydroxylation is 1. The van der Waals surface area contributed by atoms with Gasteiger partial charge in [-0.15, -0.1) is 11.3 Å². The van der Waals surface area contributed by atoms with Crippen LogP contribution in [0, 0.1) is 18.3 Å². The fourth-order valence-electron chi connectivity index (χ4n) is 2.68. The van der Waals surface area contributed by atoms with Gasteiger partial charge < -0.3 is 11.1 Å². The summed E-state index contributed by atoms with van der Waals surface area (Å²) in [7, 11) is 0. The molecule has 5 heteroatoms. The molecule has 0 aromatic carbocycles. The van der Waals surface area contributed by atoms with Crippen LogP contribution in [-0.4, -0.2) is 17.4 Å². The number of hydrogen-bond donors (Lipinski definition) is 2. The molecule has 1 aliphatic carbocycles. The van der Waals surface area contributed by atoms with Crippen molar-refractivity contribution in [2.45, 2.75) is 46.1 Å². The van der Waals surface area contributed by atoms with Gasteiger partial charge in [-0.3, -0.25) is 4.79 Å². The molecule has 1 aromatic heterocycles. The summed E-state index contributed by atoms with van der Waals surface area (Å²) in [6, 6.07) is 0. The van der Waals surface area contributed by atoms with Crippen LogP contribution in [0.25, 0.3) is 0 Å². The van der Waals surface area contributed by atoms with Crippen LogP contribution in [0.1, 0.15) is 43.2 Å². The molecular formula is C14H23N3OS. The van der Waals surface area contributed by atoms with Gasteiger partial charge in [-0.1, -0.05) is 6.92 Å². The number of hydrogen-bond acceptors (Lipinski definition) is 4. The van der Waals surface area contributed by atoms with E-state index in [9.17, 15) is 4.79 Å². The van der Waals surface area contributed by atoms with E-state index in [1.54, 1.807) is 11.3 Å². The molecule has 1 heterocycles. The fourth-order valence-corrected chi connectivity index (χ4v) is 3.40. The largest absolute Gasteiger partial charge is 0.351 e. The zero-order chi connectivity index (χ0) is 13.9. The molecule has 1 aromatic rings. The van der Waals surface area contributed by atoms with Gasteiger partial charge in [0.1, 0.15) is 0 Å². The molecule has 1 fully saturated rings. The lowest BCUT2D eigenvalue weighted by Gasteiger charge is -2.37. The highest BCUT2D eigenvalue weighted by Crippen LogP contribution is 2.38. The van der Waals surface area contributed by atoms with Gasteiger partial charge in [0, 0.05) is 11.4 Å². The number of nitrogens with two attached hydrogens (primary N) is 1. The van der Waals surface area contributed by atoms with E-state index >= 15 is 0 Å². The van der Waals surface area contributed by atoms with Crippen molar-refractivity contribution in [3.05, 3.63) is 16.1 Å². The van der Waals surface area contributed by atoms with Gasteiger partial charge in [-0.25, -0.2) is 4.98 Å². The molecule has 0 bridgehead atoms. The second kappa shape index (κ2) is 6.01. The smallest absolute Gasteiger partial charge is 0.227 e. The summed E-state index contributed by atoms with van der Waals surface area (Å²) in [6.45, 7) is 5.25. The molecule has 1 saturated carbocycles. The van der Waals surface area contributed by atoms with E-state index in [0.717, 1.165) is 42.2 Å². The highest BCUT2D eigenvalue weighted by molar-refractivity contribution is 7.09. The van der Waals surface area contributed by atoms with Gasteiger partial charge in [-0.2, -0.15) is 0 Å². The van der Waals surface area contributed by atoms with E-state index < -0.39 is 0 Å². The Morgan fingerprint density at radius 2 is 2.26 bits per heavy atom. The maximum Gasteiger partial charge on any atom is 0.227 e. The lowest BCUT2D eigenvalue weighted by Crippen LogP contribution is -2.47. The van der Waals surface area contributed by atoms with Crippen molar-refractivity contribution in [3.63, 3.8) is 0 Å². The minimum Gasteiger partial charge on any atom is -0.351 e. The van der Waals surface area contributed by atoms with E-state index in [2.05, 4.69) is 17.2 Å². The van der Waals surface area contributed by atoms with Crippen LogP contribution in [-0.2, 0) is 11.3 Å². The second-order valence-electron chi connectivity index (χ2n) is 5.71.